The highest BCUT2D eigenvalue weighted by molar-refractivity contribution is 5.00. The van der Waals surface area contributed by atoms with E-state index in [1.165, 1.54) is 0 Å². The van der Waals surface area contributed by atoms with Crippen LogP contribution in [0.2, 0.25) is 0 Å². The normalized spacial score (nSPS) is 22.3. The molecule has 62 valence electrons. The summed E-state index contributed by atoms with van der Waals surface area (Å²) in [6.07, 6.45) is 1.38. The second-order valence-electron chi connectivity index (χ2n) is 3.27. The van der Waals surface area contributed by atoms with Gasteiger partial charge in [-0.3, -0.25) is 4.90 Å². The molecule has 1 rings (SSSR count). The Labute approximate surface area is 67.2 Å². The molecule has 3 heteroatoms. The molecule has 0 saturated carbocycles. The first kappa shape index (κ1) is 8.51. The van der Waals surface area contributed by atoms with E-state index in [1.54, 1.807) is 0 Å². The van der Waals surface area contributed by atoms with Gasteiger partial charge in [-0.15, -0.1) is 0 Å². The first-order valence-corrected chi connectivity index (χ1v) is 4.02. The Morgan fingerprint density at radius 3 is 2.73 bits per heavy atom. The summed E-state index contributed by atoms with van der Waals surface area (Å²) in [5, 5.41) is 17.9. The summed E-state index contributed by atoms with van der Waals surface area (Å²) in [5.41, 5.74) is -0.691. The number of hydrogen-bond acceptors (Lipinski definition) is 3. The van der Waals surface area contributed by atoms with E-state index in [1.807, 2.05) is 6.07 Å². The predicted octanol–water partition coefficient (Wildman–Crippen LogP) is 0.357. The summed E-state index contributed by atoms with van der Waals surface area (Å²) in [4.78, 5) is 2.16. The summed E-state index contributed by atoms with van der Waals surface area (Å²) in [5.74, 6) is 0. The van der Waals surface area contributed by atoms with Gasteiger partial charge in [0.15, 0.2) is 0 Å². The van der Waals surface area contributed by atoms with Gasteiger partial charge in [-0.2, -0.15) is 5.26 Å². The van der Waals surface area contributed by atoms with Crippen LogP contribution in [0.4, 0.5) is 0 Å². The van der Waals surface area contributed by atoms with Crippen LogP contribution in [0, 0.1) is 11.3 Å². The minimum absolute atomic E-state index is 0.271. The quantitative estimate of drug-likeness (QED) is 0.638. The molecule has 0 aromatic rings. The minimum atomic E-state index is -0.691. The highest BCUT2D eigenvalue weighted by Crippen LogP contribution is 2.23. The lowest BCUT2D eigenvalue weighted by Crippen LogP contribution is -2.61. The maximum atomic E-state index is 9.54. The number of hydrogen-bond donors (Lipinski definition) is 1. The Bertz CT molecular complexity index is 167. The van der Waals surface area contributed by atoms with E-state index >= 15 is 0 Å². The molecule has 1 heterocycles. The fourth-order valence-electron chi connectivity index (χ4n) is 1.52. The average Bonchev–Trinajstić information content (AvgIpc) is 1.85. The van der Waals surface area contributed by atoms with Gasteiger partial charge >= 0.3 is 0 Å². The average molecular weight is 154 g/mol. The lowest BCUT2D eigenvalue weighted by Gasteiger charge is -2.45. The van der Waals surface area contributed by atoms with Gasteiger partial charge in [0.25, 0.3) is 0 Å². The molecule has 0 spiro atoms. The van der Waals surface area contributed by atoms with Gasteiger partial charge in [0.05, 0.1) is 12.5 Å². The van der Waals surface area contributed by atoms with Gasteiger partial charge in [-0.25, -0.2) is 0 Å². The number of nitriles is 1. The number of rotatable bonds is 3. The summed E-state index contributed by atoms with van der Waals surface area (Å²) < 4.78 is 0. The Morgan fingerprint density at radius 2 is 2.27 bits per heavy atom. The summed E-state index contributed by atoms with van der Waals surface area (Å²) in [6.45, 7) is 4.50. The molecule has 1 fully saturated rings. The molecule has 1 aliphatic rings. The third-order valence-electron chi connectivity index (χ3n) is 1.98. The Balaban J connectivity index is 2.22. The van der Waals surface area contributed by atoms with E-state index in [-0.39, 0.29) is 6.42 Å². The fourth-order valence-corrected chi connectivity index (χ4v) is 1.52. The maximum Gasteiger partial charge on any atom is 0.103 e. The molecule has 0 unspecified atom stereocenters. The van der Waals surface area contributed by atoms with Crippen molar-refractivity contribution in [2.75, 3.05) is 19.6 Å². The zero-order valence-electron chi connectivity index (χ0n) is 6.88. The molecular weight excluding hydrogens is 140 g/mol. The monoisotopic (exact) mass is 154 g/mol. The summed E-state index contributed by atoms with van der Waals surface area (Å²) in [6, 6.07) is 2.00. The molecule has 11 heavy (non-hydrogen) atoms. The number of nitrogens with zero attached hydrogens (tertiary/aromatic N) is 2. The van der Waals surface area contributed by atoms with E-state index in [4.69, 9.17) is 5.26 Å². The van der Waals surface area contributed by atoms with Crippen molar-refractivity contribution in [1.82, 2.24) is 4.90 Å². The summed E-state index contributed by atoms with van der Waals surface area (Å²) >= 11 is 0. The lowest BCUT2D eigenvalue weighted by atomic mass is 9.91. The third-order valence-corrected chi connectivity index (χ3v) is 1.98. The first-order valence-electron chi connectivity index (χ1n) is 4.02. The minimum Gasteiger partial charge on any atom is -0.386 e. The van der Waals surface area contributed by atoms with Crippen molar-refractivity contribution < 1.29 is 5.11 Å². The predicted molar refractivity (Wildman–Crippen MR) is 41.9 cm³/mol. The van der Waals surface area contributed by atoms with Crippen LogP contribution >= 0.6 is 0 Å². The second-order valence-corrected chi connectivity index (χ2v) is 3.27. The highest BCUT2D eigenvalue weighted by atomic mass is 16.3. The van der Waals surface area contributed by atoms with Gasteiger partial charge < -0.3 is 5.11 Å². The van der Waals surface area contributed by atoms with Gasteiger partial charge in [-0.1, -0.05) is 6.92 Å². The third kappa shape index (κ3) is 1.92. The van der Waals surface area contributed by atoms with Crippen LogP contribution < -0.4 is 0 Å². The summed E-state index contributed by atoms with van der Waals surface area (Å²) in [7, 11) is 0. The molecule has 0 aromatic heterocycles. The van der Waals surface area contributed by atoms with Crippen LogP contribution in [0.1, 0.15) is 19.8 Å². The molecule has 3 nitrogen and oxygen atoms in total. The Hall–Kier alpha value is -0.590. The zero-order valence-corrected chi connectivity index (χ0v) is 6.88. The van der Waals surface area contributed by atoms with E-state index in [9.17, 15) is 5.11 Å². The van der Waals surface area contributed by atoms with Crippen LogP contribution in [-0.4, -0.2) is 35.2 Å². The van der Waals surface area contributed by atoms with Gasteiger partial charge in [-0.05, 0) is 13.0 Å². The number of aliphatic hydroxyl groups is 1. The number of β-amino-alcohol motifs (C(OH)–C–C–N with tert-alkyl or cyclic N) is 1. The van der Waals surface area contributed by atoms with Gasteiger partial charge in [0.2, 0.25) is 0 Å². The molecule has 0 aliphatic carbocycles. The van der Waals surface area contributed by atoms with Crippen LogP contribution in [0.15, 0.2) is 0 Å². The standard InChI is InChI=1S/C8H14N2O/c1-2-5-10-6-8(11,7-10)3-4-9/h11H,2-3,5-7H2,1H3. The van der Waals surface area contributed by atoms with Gasteiger partial charge in [0, 0.05) is 13.1 Å². The molecule has 1 aliphatic heterocycles. The Morgan fingerprint density at radius 1 is 1.64 bits per heavy atom. The van der Waals surface area contributed by atoms with E-state index in [0.29, 0.717) is 13.1 Å². The van der Waals surface area contributed by atoms with Crippen molar-refractivity contribution in [3.05, 3.63) is 0 Å². The largest absolute Gasteiger partial charge is 0.386 e. The molecule has 0 aromatic carbocycles. The van der Waals surface area contributed by atoms with Crippen LogP contribution in [-0.2, 0) is 0 Å². The molecular formula is C8H14N2O. The van der Waals surface area contributed by atoms with E-state index in [2.05, 4.69) is 11.8 Å². The molecule has 0 radical (unpaired) electrons. The van der Waals surface area contributed by atoms with Crippen LogP contribution in [0.3, 0.4) is 0 Å². The fraction of sp³-hybridized carbons (Fsp3) is 0.875. The Kier molecular flexibility index (Phi) is 2.48. The van der Waals surface area contributed by atoms with Crippen molar-refractivity contribution in [1.29, 1.82) is 5.26 Å². The van der Waals surface area contributed by atoms with Crippen molar-refractivity contribution in [3.8, 4) is 6.07 Å². The van der Waals surface area contributed by atoms with Crippen molar-refractivity contribution in [2.45, 2.75) is 25.4 Å². The van der Waals surface area contributed by atoms with E-state index < -0.39 is 5.60 Å². The first-order chi connectivity index (χ1) is 5.20. The number of likely N-dealkylation sites (tertiary alicyclic amines) is 1. The van der Waals surface area contributed by atoms with Crippen molar-refractivity contribution in [2.24, 2.45) is 0 Å². The molecule has 0 bridgehead atoms. The van der Waals surface area contributed by atoms with Gasteiger partial charge in [0.1, 0.15) is 5.60 Å². The van der Waals surface area contributed by atoms with E-state index in [0.717, 1.165) is 13.0 Å². The lowest BCUT2D eigenvalue weighted by molar-refractivity contribution is -0.0932. The SMILES string of the molecule is CCCN1CC(O)(CC#N)C1. The molecule has 0 amide bonds. The second kappa shape index (κ2) is 3.21. The van der Waals surface area contributed by atoms with Crippen LogP contribution in [0.25, 0.3) is 0 Å². The zero-order chi connectivity index (χ0) is 8.32. The maximum absolute atomic E-state index is 9.54. The smallest absolute Gasteiger partial charge is 0.103 e. The van der Waals surface area contributed by atoms with Crippen molar-refractivity contribution in [3.63, 3.8) is 0 Å². The molecule has 0 atom stereocenters. The molecule has 1 N–H and O–H groups in total. The topological polar surface area (TPSA) is 47.3 Å². The van der Waals surface area contributed by atoms with Crippen LogP contribution in [0.5, 0.6) is 0 Å². The van der Waals surface area contributed by atoms with Crippen molar-refractivity contribution >= 4 is 0 Å². The highest BCUT2D eigenvalue weighted by Gasteiger charge is 2.40. The molecule has 1 saturated heterocycles.